The highest BCUT2D eigenvalue weighted by molar-refractivity contribution is 5.29. The van der Waals surface area contributed by atoms with Gasteiger partial charge >= 0.3 is 0 Å². The van der Waals surface area contributed by atoms with Crippen LogP contribution < -0.4 is 5.73 Å². The van der Waals surface area contributed by atoms with Gasteiger partial charge in [-0.15, -0.1) is 0 Å². The van der Waals surface area contributed by atoms with Crippen LogP contribution in [0.3, 0.4) is 0 Å². The highest BCUT2D eigenvalue weighted by Crippen LogP contribution is 2.20. The Labute approximate surface area is 101 Å². The quantitative estimate of drug-likeness (QED) is 0.865. The van der Waals surface area contributed by atoms with E-state index in [1.165, 1.54) is 6.33 Å². The fourth-order valence-corrected chi connectivity index (χ4v) is 1.92. The van der Waals surface area contributed by atoms with Crippen molar-refractivity contribution in [3.8, 4) is 0 Å². The molecule has 0 saturated heterocycles. The van der Waals surface area contributed by atoms with Crippen LogP contribution in [0.15, 0.2) is 18.5 Å². The average Bonchev–Trinajstić information content (AvgIpc) is 2.76. The Bertz CT molecular complexity index is 517. The van der Waals surface area contributed by atoms with Gasteiger partial charge < -0.3 is 5.73 Å². The second-order valence-electron chi connectivity index (χ2n) is 4.04. The summed E-state index contributed by atoms with van der Waals surface area (Å²) in [6, 6.07) is 3.71. The normalized spacial score (nSPS) is 12.7. The van der Waals surface area contributed by atoms with E-state index in [2.05, 4.69) is 15.1 Å². The summed E-state index contributed by atoms with van der Waals surface area (Å²) in [7, 11) is 0. The van der Waals surface area contributed by atoms with Gasteiger partial charge in [0.1, 0.15) is 12.2 Å². The first-order valence-electron chi connectivity index (χ1n) is 5.71. The van der Waals surface area contributed by atoms with E-state index in [1.54, 1.807) is 0 Å². The summed E-state index contributed by atoms with van der Waals surface area (Å²) in [4.78, 5) is 8.65. The van der Waals surface area contributed by atoms with E-state index in [-0.39, 0.29) is 6.04 Å². The van der Waals surface area contributed by atoms with Gasteiger partial charge in [0.05, 0.1) is 6.04 Å². The molecule has 0 aliphatic heterocycles. The molecule has 0 fully saturated rings. The SMILES string of the molecule is CCn1ncnc1C(N)c1ccc(C)nc1C. The Morgan fingerprint density at radius 1 is 1.35 bits per heavy atom. The van der Waals surface area contributed by atoms with Crippen molar-refractivity contribution in [3.05, 3.63) is 41.2 Å². The zero-order chi connectivity index (χ0) is 12.4. The van der Waals surface area contributed by atoms with Gasteiger partial charge in [-0.05, 0) is 32.4 Å². The minimum atomic E-state index is -0.273. The second kappa shape index (κ2) is 4.63. The molecule has 1 unspecified atom stereocenters. The lowest BCUT2D eigenvalue weighted by atomic mass is 10.1. The minimum Gasteiger partial charge on any atom is -0.318 e. The smallest absolute Gasteiger partial charge is 0.148 e. The van der Waals surface area contributed by atoms with Gasteiger partial charge in [0.2, 0.25) is 0 Å². The molecule has 5 heteroatoms. The maximum Gasteiger partial charge on any atom is 0.148 e. The summed E-state index contributed by atoms with van der Waals surface area (Å²) in [5, 5.41) is 4.13. The third-order valence-corrected chi connectivity index (χ3v) is 2.82. The zero-order valence-corrected chi connectivity index (χ0v) is 10.4. The molecule has 0 aliphatic carbocycles. The molecule has 5 nitrogen and oxygen atoms in total. The maximum absolute atomic E-state index is 6.22. The molecule has 0 radical (unpaired) electrons. The van der Waals surface area contributed by atoms with Crippen molar-refractivity contribution in [2.45, 2.75) is 33.4 Å². The van der Waals surface area contributed by atoms with Crippen LogP contribution in [0.2, 0.25) is 0 Å². The molecule has 0 bridgehead atoms. The van der Waals surface area contributed by atoms with Crippen LogP contribution in [-0.2, 0) is 6.54 Å². The summed E-state index contributed by atoms with van der Waals surface area (Å²) >= 11 is 0. The zero-order valence-electron chi connectivity index (χ0n) is 10.4. The first-order chi connectivity index (χ1) is 8.13. The van der Waals surface area contributed by atoms with Crippen molar-refractivity contribution < 1.29 is 0 Å². The van der Waals surface area contributed by atoms with E-state index in [9.17, 15) is 0 Å². The van der Waals surface area contributed by atoms with E-state index in [0.29, 0.717) is 0 Å². The topological polar surface area (TPSA) is 69.6 Å². The lowest BCUT2D eigenvalue weighted by molar-refractivity contribution is 0.590. The predicted octanol–water partition coefficient (Wildman–Crippen LogP) is 1.36. The van der Waals surface area contributed by atoms with Gasteiger partial charge in [-0.3, -0.25) is 4.98 Å². The van der Waals surface area contributed by atoms with Crippen LogP contribution >= 0.6 is 0 Å². The number of pyridine rings is 1. The van der Waals surface area contributed by atoms with Gasteiger partial charge in [-0.1, -0.05) is 6.07 Å². The molecule has 0 aromatic carbocycles. The van der Waals surface area contributed by atoms with Gasteiger partial charge in [0, 0.05) is 17.9 Å². The average molecular weight is 231 g/mol. The monoisotopic (exact) mass is 231 g/mol. The predicted molar refractivity (Wildman–Crippen MR) is 65.4 cm³/mol. The molecule has 0 saturated carbocycles. The van der Waals surface area contributed by atoms with E-state index in [1.807, 2.05) is 37.6 Å². The Hall–Kier alpha value is -1.75. The summed E-state index contributed by atoms with van der Waals surface area (Å²) < 4.78 is 1.81. The Morgan fingerprint density at radius 3 is 2.76 bits per heavy atom. The van der Waals surface area contributed by atoms with Crippen molar-refractivity contribution in [3.63, 3.8) is 0 Å². The molecule has 0 aliphatic rings. The Kier molecular flexibility index (Phi) is 3.19. The van der Waals surface area contributed by atoms with Gasteiger partial charge in [-0.25, -0.2) is 9.67 Å². The van der Waals surface area contributed by atoms with E-state index in [4.69, 9.17) is 5.73 Å². The standard InChI is InChI=1S/C12H17N5/c1-4-17-12(14-7-15-17)11(13)10-6-5-8(2)16-9(10)3/h5-7,11H,4,13H2,1-3H3. The van der Waals surface area contributed by atoms with Crippen LogP contribution in [0.5, 0.6) is 0 Å². The van der Waals surface area contributed by atoms with Gasteiger partial charge in [0.25, 0.3) is 0 Å². The summed E-state index contributed by atoms with van der Waals surface area (Å²) in [5.41, 5.74) is 9.17. The molecule has 17 heavy (non-hydrogen) atoms. The molecular formula is C12H17N5. The van der Waals surface area contributed by atoms with Crippen molar-refractivity contribution in [2.75, 3.05) is 0 Å². The first-order valence-corrected chi connectivity index (χ1v) is 5.71. The maximum atomic E-state index is 6.22. The van der Waals surface area contributed by atoms with Crippen LogP contribution in [0.25, 0.3) is 0 Å². The molecule has 1 atom stereocenters. The first kappa shape index (κ1) is 11.7. The van der Waals surface area contributed by atoms with Crippen LogP contribution in [0.1, 0.15) is 35.7 Å². The van der Waals surface area contributed by atoms with Crippen molar-refractivity contribution >= 4 is 0 Å². The number of aromatic nitrogens is 4. The lowest BCUT2D eigenvalue weighted by Crippen LogP contribution is -2.19. The lowest BCUT2D eigenvalue weighted by Gasteiger charge is -2.14. The summed E-state index contributed by atoms with van der Waals surface area (Å²) in [6.45, 7) is 6.72. The third-order valence-electron chi connectivity index (χ3n) is 2.82. The Morgan fingerprint density at radius 2 is 2.12 bits per heavy atom. The molecular weight excluding hydrogens is 214 g/mol. The minimum absolute atomic E-state index is 0.273. The largest absolute Gasteiger partial charge is 0.318 e. The van der Waals surface area contributed by atoms with Crippen molar-refractivity contribution in [1.29, 1.82) is 0 Å². The third kappa shape index (κ3) is 2.19. The van der Waals surface area contributed by atoms with Gasteiger partial charge in [-0.2, -0.15) is 5.10 Å². The molecule has 2 rings (SSSR count). The number of rotatable bonds is 3. The Balaban J connectivity index is 2.40. The molecule has 2 heterocycles. The number of hydrogen-bond acceptors (Lipinski definition) is 4. The number of nitrogens with two attached hydrogens (primary N) is 1. The summed E-state index contributed by atoms with van der Waals surface area (Å²) in [6.07, 6.45) is 1.54. The fraction of sp³-hybridized carbons (Fsp3) is 0.417. The number of hydrogen-bond donors (Lipinski definition) is 1. The number of nitrogens with zero attached hydrogens (tertiary/aromatic N) is 4. The van der Waals surface area contributed by atoms with Gasteiger partial charge in [0.15, 0.2) is 0 Å². The molecule has 0 amide bonds. The molecule has 2 N–H and O–H groups in total. The molecule has 2 aromatic heterocycles. The highest BCUT2D eigenvalue weighted by atomic mass is 15.3. The molecule has 2 aromatic rings. The highest BCUT2D eigenvalue weighted by Gasteiger charge is 2.17. The molecule has 90 valence electrons. The van der Waals surface area contributed by atoms with Crippen molar-refractivity contribution in [1.82, 2.24) is 19.7 Å². The van der Waals surface area contributed by atoms with E-state index in [0.717, 1.165) is 29.3 Å². The number of aryl methyl sites for hydroxylation is 3. The van der Waals surface area contributed by atoms with Crippen molar-refractivity contribution in [2.24, 2.45) is 5.73 Å². The fourth-order valence-electron chi connectivity index (χ4n) is 1.92. The van der Waals surface area contributed by atoms with Crippen LogP contribution in [0.4, 0.5) is 0 Å². The van der Waals surface area contributed by atoms with E-state index >= 15 is 0 Å². The van der Waals surface area contributed by atoms with Crippen LogP contribution in [0, 0.1) is 13.8 Å². The van der Waals surface area contributed by atoms with Crippen LogP contribution in [-0.4, -0.2) is 19.7 Å². The summed E-state index contributed by atoms with van der Waals surface area (Å²) in [5.74, 6) is 0.779. The molecule has 0 spiro atoms. The van der Waals surface area contributed by atoms with E-state index < -0.39 is 0 Å². The second-order valence-corrected chi connectivity index (χ2v) is 4.04.